The van der Waals surface area contributed by atoms with E-state index in [9.17, 15) is 0 Å². The van der Waals surface area contributed by atoms with Gasteiger partial charge in [-0.1, -0.05) is 40.3 Å². The minimum absolute atomic E-state index is 0.466. The van der Waals surface area contributed by atoms with Crippen LogP contribution in [0, 0.1) is 5.92 Å². The van der Waals surface area contributed by atoms with Gasteiger partial charge in [-0.15, -0.1) is 0 Å². The van der Waals surface area contributed by atoms with Crippen LogP contribution in [-0.4, -0.2) is 5.71 Å². The molecule has 0 saturated heterocycles. The van der Waals surface area contributed by atoms with Gasteiger partial charge in [0.05, 0.1) is 0 Å². The summed E-state index contributed by atoms with van der Waals surface area (Å²) >= 11 is 0. The van der Waals surface area contributed by atoms with Crippen molar-refractivity contribution in [3.05, 3.63) is 24.9 Å². The molecule has 0 rings (SSSR count). The average molecular weight is 167 g/mol. The maximum absolute atomic E-state index is 4.18. The lowest BCUT2D eigenvalue weighted by atomic mass is 10.1. The van der Waals surface area contributed by atoms with Crippen molar-refractivity contribution in [1.82, 2.24) is 0 Å². The van der Waals surface area contributed by atoms with E-state index < -0.39 is 0 Å². The van der Waals surface area contributed by atoms with E-state index >= 15 is 0 Å². The fourth-order valence-electron chi connectivity index (χ4n) is 0.598. The normalized spacial score (nSPS) is 11.3. The first-order chi connectivity index (χ1) is 5.72. The molecule has 12 heavy (non-hydrogen) atoms. The van der Waals surface area contributed by atoms with Crippen molar-refractivity contribution in [1.29, 1.82) is 0 Å². The zero-order valence-corrected chi connectivity index (χ0v) is 8.96. The minimum atomic E-state index is 0.466. The van der Waals surface area contributed by atoms with Crippen LogP contribution in [0.2, 0.25) is 0 Å². The predicted molar refractivity (Wildman–Crippen MR) is 58.6 cm³/mol. The quantitative estimate of drug-likeness (QED) is 0.566. The Hall–Kier alpha value is -0.850. The number of hydrogen-bond donors (Lipinski definition) is 0. The predicted octanol–water partition coefficient (Wildman–Crippen LogP) is 3.83. The fourth-order valence-corrected chi connectivity index (χ4v) is 0.598. The highest BCUT2D eigenvalue weighted by Gasteiger charge is 1.96. The number of nitrogens with zero attached hydrogens (tertiary/aromatic N) is 1. The average Bonchev–Trinajstić information content (AvgIpc) is 2.09. The number of rotatable bonds is 3. The van der Waals surface area contributed by atoms with Crippen molar-refractivity contribution in [3.63, 3.8) is 0 Å². The van der Waals surface area contributed by atoms with Crippen LogP contribution in [0.25, 0.3) is 0 Å². The molecule has 0 bridgehead atoms. The summed E-state index contributed by atoms with van der Waals surface area (Å²) in [5, 5.41) is 0. The summed E-state index contributed by atoms with van der Waals surface area (Å²) in [5.74, 6) is 0.466. The molecule has 0 aromatic rings. The third-order valence-corrected chi connectivity index (χ3v) is 1.17. The summed E-state index contributed by atoms with van der Waals surface area (Å²) < 4.78 is 0. The summed E-state index contributed by atoms with van der Waals surface area (Å²) in [5.41, 5.74) is 1.04. The molecule has 0 aliphatic heterocycles. The monoisotopic (exact) mass is 167 g/mol. The first-order valence-electron chi connectivity index (χ1n) is 4.53. The van der Waals surface area contributed by atoms with Crippen molar-refractivity contribution in [2.75, 3.05) is 0 Å². The van der Waals surface area contributed by atoms with Crippen LogP contribution < -0.4 is 0 Å². The van der Waals surface area contributed by atoms with Crippen LogP contribution in [-0.2, 0) is 0 Å². The molecule has 0 spiro atoms. The summed E-state index contributed by atoms with van der Waals surface area (Å²) in [6, 6.07) is 0. The summed E-state index contributed by atoms with van der Waals surface area (Å²) in [4.78, 5) is 4.18. The molecule has 0 heterocycles. The molecule has 1 nitrogen and oxygen atoms in total. The van der Waals surface area contributed by atoms with E-state index in [0.717, 1.165) is 5.71 Å². The maximum Gasteiger partial charge on any atom is 0.0422 e. The van der Waals surface area contributed by atoms with Gasteiger partial charge >= 0.3 is 0 Å². The van der Waals surface area contributed by atoms with Crippen molar-refractivity contribution in [3.8, 4) is 0 Å². The highest BCUT2D eigenvalue weighted by molar-refractivity contribution is 5.96. The van der Waals surface area contributed by atoms with Gasteiger partial charge in [0.1, 0.15) is 0 Å². The summed E-state index contributed by atoms with van der Waals surface area (Å²) in [7, 11) is 0. The lowest BCUT2D eigenvalue weighted by molar-refractivity contribution is 0.889. The molecule has 0 amide bonds. The van der Waals surface area contributed by atoms with Gasteiger partial charge in [0.2, 0.25) is 0 Å². The van der Waals surface area contributed by atoms with Gasteiger partial charge in [-0.3, -0.25) is 4.99 Å². The Balaban J connectivity index is 0. The maximum atomic E-state index is 4.18. The molecule has 0 fully saturated rings. The van der Waals surface area contributed by atoms with Gasteiger partial charge in [-0.05, 0) is 18.9 Å². The number of allylic oxidation sites excluding steroid dienone is 2. The number of hydrogen-bond acceptors (Lipinski definition) is 1. The van der Waals surface area contributed by atoms with E-state index in [0.29, 0.717) is 5.92 Å². The van der Waals surface area contributed by atoms with E-state index in [2.05, 4.69) is 25.4 Å². The lowest BCUT2D eigenvalue weighted by Gasteiger charge is -2.01. The molecule has 0 unspecified atom stereocenters. The van der Waals surface area contributed by atoms with E-state index in [1.54, 1.807) is 12.3 Å². The van der Waals surface area contributed by atoms with Crippen LogP contribution in [0.15, 0.2) is 29.9 Å². The highest BCUT2D eigenvalue weighted by Crippen LogP contribution is 1.98. The van der Waals surface area contributed by atoms with Crippen LogP contribution in [0.3, 0.4) is 0 Å². The Morgan fingerprint density at radius 3 is 2.08 bits per heavy atom. The topological polar surface area (TPSA) is 12.4 Å². The molecule has 0 saturated carbocycles. The third-order valence-electron chi connectivity index (χ3n) is 1.17. The second-order valence-corrected chi connectivity index (χ2v) is 2.40. The van der Waals surface area contributed by atoms with Crippen molar-refractivity contribution in [2.24, 2.45) is 10.9 Å². The molecule has 0 aromatic heterocycles. The standard InChI is InChI=1S/C9H15N.C2H6/c1-5-7-10-9(6-2)8(3)4;1-2/h5-8H,2H2,1,3-4H3;1-2H3/b7-5-,10-9?;. The molecule has 0 atom stereocenters. The number of aliphatic imine (C=N–C) groups is 1. The molecule has 0 aliphatic rings. The van der Waals surface area contributed by atoms with Gasteiger partial charge < -0.3 is 0 Å². The zero-order valence-electron chi connectivity index (χ0n) is 8.96. The van der Waals surface area contributed by atoms with Gasteiger partial charge in [0.15, 0.2) is 0 Å². The second-order valence-electron chi connectivity index (χ2n) is 2.40. The second kappa shape index (κ2) is 10.2. The van der Waals surface area contributed by atoms with Crippen molar-refractivity contribution in [2.45, 2.75) is 34.6 Å². The van der Waals surface area contributed by atoms with Crippen LogP contribution in [0.1, 0.15) is 34.6 Å². The first-order valence-corrected chi connectivity index (χ1v) is 4.53. The molecular formula is C11H21N. The SMILES string of the molecule is C=CC(=N/C=C\C)C(C)C.CC. The Morgan fingerprint density at radius 1 is 1.33 bits per heavy atom. The van der Waals surface area contributed by atoms with E-state index in [1.807, 2.05) is 26.8 Å². The molecule has 0 radical (unpaired) electrons. The van der Waals surface area contributed by atoms with E-state index in [1.165, 1.54) is 0 Å². The van der Waals surface area contributed by atoms with Crippen molar-refractivity contribution >= 4 is 5.71 Å². The smallest absolute Gasteiger partial charge is 0.0422 e. The third kappa shape index (κ3) is 7.26. The minimum Gasteiger partial charge on any atom is -0.261 e. The Bertz CT molecular complexity index is 152. The van der Waals surface area contributed by atoms with E-state index in [-0.39, 0.29) is 0 Å². The van der Waals surface area contributed by atoms with Crippen LogP contribution in [0.4, 0.5) is 0 Å². The van der Waals surface area contributed by atoms with Crippen LogP contribution >= 0.6 is 0 Å². The zero-order chi connectivity index (χ0) is 9.98. The molecule has 0 aliphatic carbocycles. The molecule has 70 valence electrons. The molecule has 1 heteroatoms. The van der Waals surface area contributed by atoms with Gasteiger partial charge in [-0.25, -0.2) is 0 Å². The Labute approximate surface area is 76.9 Å². The van der Waals surface area contributed by atoms with E-state index in [4.69, 9.17) is 0 Å². The largest absolute Gasteiger partial charge is 0.261 e. The Kier molecular flexibility index (Phi) is 11.6. The molecule has 0 N–H and O–H groups in total. The van der Waals surface area contributed by atoms with Gasteiger partial charge in [-0.2, -0.15) is 0 Å². The van der Waals surface area contributed by atoms with Crippen LogP contribution in [0.5, 0.6) is 0 Å². The van der Waals surface area contributed by atoms with Crippen molar-refractivity contribution < 1.29 is 0 Å². The fraction of sp³-hybridized carbons (Fsp3) is 0.545. The molecular weight excluding hydrogens is 146 g/mol. The Morgan fingerprint density at radius 2 is 1.83 bits per heavy atom. The van der Waals surface area contributed by atoms with Gasteiger partial charge in [0, 0.05) is 11.9 Å². The molecule has 0 aromatic carbocycles. The summed E-state index contributed by atoms with van der Waals surface area (Å²) in [6.45, 7) is 13.8. The summed E-state index contributed by atoms with van der Waals surface area (Å²) in [6.07, 6.45) is 5.49. The highest BCUT2D eigenvalue weighted by atomic mass is 14.7. The lowest BCUT2D eigenvalue weighted by Crippen LogP contribution is -2.01. The first kappa shape index (κ1) is 13.7. The van der Waals surface area contributed by atoms with Gasteiger partial charge in [0.25, 0.3) is 0 Å².